The van der Waals surface area contributed by atoms with Crippen molar-refractivity contribution < 1.29 is 9.59 Å². The van der Waals surface area contributed by atoms with Gasteiger partial charge in [0.15, 0.2) is 0 Å². The maximum absolute atomic E-state index is 12.4. The van der Waals surface area contributed by atoms with Crippen LogP contribution in [-0.4, -0.2) is 42.9 Å². The van der Waals surface area contributed by atoms with Gasteiger partial charge in [0.1, 0.15) is 6.04 Å². The van der Waals surface area contributed by atoms with E-state index >= 15 is 0 Å². The van der Waals surface area contributed by atoms with Crippen LogP contribution in [0.1, 0.15) is 23.7 Å². The van der Waals surface area contributed by atoms with Gasteiger partial charge in [-0.2, -0.15) is 0 Å². The highest BCUT2D eigenvalue weighted by Gasteiger charge is 2.31. The topological polar surface area (TPSA) is 61.4 Å². The summed E-state index contributed by atoms with van der Waals surface area (Å²) in [5.41, 5.74) is 1.58. The summed E-state index contributed by atoms with van der Waals surface area (Å²) < 4.78 is 0. The maximum atomic E-state index is 12.4. The number of hydrogen-bond acceptors (Lipinski definition) is 3. The molecule has 5 nitrogen and oxygen atoms in total. The summed E-state index contributed by atoms with van der Waals surface area (Å²) in [6.07, 6.45) is 0.631. The Kier molecular flexibility index (Phi) is 4.04. The minimum Gasteiger partial charge on any atom is -0.388 e. The van der Waals surface area contributed by atoms with Gasteiger partial charge >= 0.3 is 0 Å². The second-order valence-electron chi connectivity index (χ2n) is 4.54. The van der Waals surface area contributed by atoms with Gasteiger partial charge in [-0.15, -0.1) is 0 Å². The van der Waals surface area contributed by atoms with E-state index in [0.717, 1.165) is 5.69 Å². The van der Waals surface area contributed by atoms with Gasteiger partial charge in [0.25, 0.3) is 5.91 Å². The van der Waals surface area contributed by atoms with Crippen molar-refractivity contribution in [2.24, 2.45) is 0 Å². The van der Waals surface area contributed by atoms with Crippen molar-refractivity contribution in [2.75, 3.05) is 25.5 Å². The lowest BCUT2D eigenvalue weighted by Gasteiger charge is -2.34. The fraction of sp³-hybridized carbons (Fsp3) is 0.429. The number of piperazine rings is 1. The Morgan fingerprint density at radius 2 is 2.11 bits per heavy atom. The molecule has 1 aromatic rings. The fourth-order valence-electron chi connectivity index (χ4n) is 2.31. The van der Waals surface area contributed by atoms with E-state index in [1.54, 1.807) is 17.0 Å². The second kappa shape index (κ2) is 5.73. The molecule has 0 bridgehead atoms. The van der Waals surface area contributed by atoms with Crippen molar-refractivity contribution in [3.05, 3.63) is 29.8 Å². The third-order valence-electron chi connectivity index (χ3n) is 3.40. The number of benzene rings is 1. The van der Waals surface area contributed by atoms with Gasteiger partial charge in [-0.3, -0.25) is 9.59 Å². The predicted molar refractivity (Wildman–Crippen MR) is 74.1 cm³/mol. The normalized spacial score (nSPS) is 18.9. The Balaban J connectivity index is 2.19. The van der Waals surface area contributed by atoms with Crippen LogP contribution < -0.4 is 10.6 Å². The zero-order valence-corrected chi connectivity index (χ0v) is 11.3. The number of hydrogen-bond donors (Lipinski definition) is 2. The number of nitrogens with one attached hydrogen (secondary N) is 2. The number of carbonyl (C=O) groups is 2. The van der Waals surface area contributed by atoms with Gasteiger partial charge in [0.2, 0.25) is 5.91 Å². The van der Waals surface area contributed by atoms with E-state index < -0.39 is 0 Å². The van der Waals surface area contributed by atoms with Gasteiger partial charge in [0.05, 0.1) is 0 Å². The first-order valence-electron chi connectivity index (χ1n) is 6.54. The molecule has 1 unspecified atom stereocenters. The van der Waals surface area contributed by atoms with Crippen LogP contribution in [0.2, 0.25) is 0 Å². The van der Waals surface area contributed by atoms with Crippen molar-refractivity contribution in [1.82, 2.24) is 10.2 Å². The van der Waals surface area contributed by atoms with Crippen LogP contribution in [0.25, 0.3) is 0 Å². The van der Waals surface area contributed by atoms with Gasteiger partial charge in [0, 0.05) is 31.4 Å². The molecule has 0 spiro atoms. The Morgan fingerprint density at radius 1 is 1.42 bits per heavy atom. The molecule has 1 aromatic carbocycles. The van der Waals surface area contributed by atoms with Crippen molar-refractivity contribution in [3.63, 3.8) is 0 Å². The zero-order valence-electron chi connectivity index (χ0n) is 11.3. The van der Waals surface area contributed by atoms with Crippen LogP contribution in [0.5, 0.6) is 0 Å². The van der Waals surface area contributed by atoms with Crippen LogP contribution in [0.15, 0.2) is 24.3 Å². The molecule has 1 fully saturated rings. The van der Waals surface area contributed by atoms with Gasteiger partial charge in [-0.25, -0.2) is 0 Å². The number of anilines is 1. The quantitative estimate of drug-likeness (QED) is 0.856. The number of rotatable bonds is 3. The summed E-state index contributed by atoms with van der Waals surface area (Å²) in [7, 11) is 1.83. The van der Waals surface area contributed by atoms with Crippen LogP contribution in [0.3, 0.4) is 0 Å². The standard InChI is InChI=1S/C14H19N3O2/c1-3-12-13(18)16-8-9-17(12)14(19)10-4-6-11(15-2)7-5-10/h4-7,12,15H,3,8-9H2,1-2H3,(H,16,18). The molecule has 102 valence electrons. The average molecular weight is 261 g/mol. The summed E-state index contributed by atoms with van der Waals surface area (Å²) in [4.78, 5) is 25.9. The van der Waals surface area contributed by atoms with E-state index in [2.05, 4.69) is 10.6 Å². The molecule has 2 amide bonds. The third-order valence-corrected chi connectivity index (χ3v) is 3.40. The highest BCUT2D eigenvalue weighted by molar-refractivity contribution is 5.98. The monoisotopic (exact) mass is 261 g/mol. The highest BCUT2D eigenvalue weighted by Crippen LogP contribution is 2.15. The van der Waals surface area contributed by atoms with Gasteiger partial charge in [-0.05, 0) is 30.7 Å². The van der Waals surface area contributed by atoms with Crippen molar-refractivity contribution in [3.8, 4) is 0 Å². The number of amides is 2. The Labute approximate surface area is 113 Å². The lowest BCUT2D eigenvalue weighted by Crippen LogP contribution is -2.56. The van der Waals surface area contributed by atoms with Crippen LogP contribution >= 0.6 is 0 Å². The highest BCUT2D eigenvalue weighted by atomic mass is 16.2. The molecule has 1 aliphatic rings. The SMILES string of the molecule is CCC1C(=O)NCCN1C(=O)c1ccc(NC)cc1. The van der Waals surface area contributed by atoms with Gasteiger partial charge < -0.3 is 15.5 Å². The molecule has 1 atom stereocenters. The predicted octanol–water partition coefficient (Wildman–Crippen LogP) is 1.08. The molecule has 2 rings (SSSR count). The Bertz CT molecular complexity index is 470. The molecule has 1 saturated heterocycles. The molecule has 1 heterocycles. The van der Waals surface area contributed by atoms with E-state index in [1.165, 1.54) is 0 Å². The fourth-order valence-corrected chi connectivity index (χ4v) is 2.31. The molecule has 19 heavy (non-hydrogen) atoms. The van der Waals surface area contributed by atoms with Crippen LogP contribution in [-0.2, 0) is 4.79 Å². The average Bonchev–Trinajstić information content (AvgIpc) is 2.46. The minimum atomic E-state index is -0.356. The molecule has 2 N–H and O–H groups in total. The Hall–Kier alpha value is -2.04. The second-order valence-corrected chi connectivity index (χ2v) is 4.54. The smallest absolute Gasteiger partial charge is 0.254 e. The molecule has 0 radical (unpaired) electrons. The lowest BCUT2D eigenvalue weighted by molar-refractivity contribution is -0.127. The summed E-state index contributed by atoms with van der Waals surface area (Å²) in [5.74, 6) is -0.140. The summed E-state index contributed by atoms with van der Waals surface area (Å²) >= 11 is 0. The van der Waals surface area contributed by atoms with Crippen molar-refractivity contribution >= 4 is 17.5 Å². The lowest BCUT2D eigenvalue weighted by atomic mass is 10.1. The summed E-state index contributed by atoms with van der Waals surface area (Å²) in [6, 6.07) is 6.93. The van der Waals surface area contributed by atoms with Gasteiger partial charge in [-0.1, -0.05) is 6.92 Å². The summed E-state index contributed by atoms with van der Waals surface area (Å²) in [5, 5.41) is 5.81. The molecular weight excluding hydrogens is 242 g/mol. The van der Waals surface area contributed by atoms with Crippen molar-refractivity contribution in [2.45, 2.75) is 19.4 Å². The molecule has 1 aliphatic heterocycles. The summed E-state index contributed by atoms with van der Waals surface area (Å²) in [6.45, 7) is 3.01. The molecule has 0 aliphatic carbocycles. The molecule has 0 saturated carbocycles. The van der Waals surface area contributed by atoms with Crippen molar-refractivity contribution in [1.29, 1.82) is 0 Å². The van der Waals surface area contributed by atoms with E-state index in [9.17, 15) is 9.59 Å². The molecule has 0 aromatic heterocycles. The van der Waals surface area contributed by atoms with E-state index in [4.69, 9.17) is 0 Å². The number of carbonyl (C=O) groups excluding carboxylic acids is 2. The van der Waals surface area contributed by atoms with E-state index in [1.807, 2.05) is 26.1 Å². The largest absolute Gasteiger partial charge is 0.388 e. The molecular formula is C14H19N3O2. The number of nitrogens with zero attached hydrogens (tertiary/aromatic N) is 1. The first-order valence-corrected chi connectivity index (χ1v) is 6.54. The van der Waals surface area contributed by atoms with Crippen LogP contribution in [0.4, 0.5) is 5.69 Å². The maximum Gasteiger partial charge on any atom is 0.254 e. The van der Waals surface area contributed by atoms with Crippen LogP contribution in [0, 0.1) is 0 Å². The first-order chi connectivity index (χ1) is 9.17. The third kappa shape index (κ3) is 2.70. The van der Waals surface area contributed by atoms with E-state index in [-0.39, 0.29) is 17.9 Å². The zero-order chi connectivity index (χ0) is 13.8. The minimum absolute atomic E-state index is 0.0612. The molecule has 5 heteroatoms. The Morgan fingerprint density at radius 3 is 2.68 bits per heavy atom. The first kappa shape index (κ1) is 13.4. The van der Waals surface area contributed by atoms with E-state index in [0.29, 0.717) is 25.1 Å².